The Bertz CT molecular complexity index is 820. The van der Waals surface area contributed by atoms with Crippen molar-refractivity contribution in [3.63, 3.8) is 0 Å². The molecular formula is C21H31N5O4S. The molecule has 0 spiro atoms. The number of amidine groups is 1. The Morgan fingerprint density at radius 1 is 1.26 bits per heavy atom. The van der Waals surface area contributed by atoms with Crippen LogP contribution in [0, 0.1) is 11.3 Å². The molecule has 3 amide bonds. The fourth-order valence-electron chi connectivity index (χ4n) is 4.43. The maximum Gasteiger partial charge on any atom is 0.407 e. The lowest BCUT2D eigenvalue weighted by Gasteiger charge is -2.34. The highest BCUT2D eigenvalue weighted by Gasteiger charge is 2.40. The molecule has 1 aromatic rings. The van der Waals surface area contributed by atoms with Gasteiger partial charge in [-0.05, 0) is 48.6 Å². The van der Waals surface area contributed by atoms with Crippen molar-refractivity contribution in [3.05, 3.63) is 21.9 Å². The Morgan fingerprint density at radius 3 is 2.65 bits per heavy atom. The van der Waals surface area contributed by atoms with E-state index in [1.165, 1.54) is 18.4 Å². The zero-order valence-corrected chi connectivity index (χ0v) is 18.6. The number of thiophene rings is 1. The molecule has 1 saturated carbocycles. The van der Waals surface area contributed by atoms with Crippen molar-refractivity contribution in [2.24, 2.45) is 11.7 Å². The van der Waals surface area contributed by atoms with Crippen LogP contribution >= 0.6 is 11.3 Å². The number of nitrogens with zero attached hydrogens (tertiary/aromatic N) is 1. The standard InChI is InChI=1S/C21H31N5O4S/c1-30-21(29)25-17(14-6-3-2-4-7-14)20(28)26-9-5-8-15(26)19(27)24-11-13-10-16(18(22)23)31-12-13/h10,12,14-15,17H,2-9,11H2,1H3,(H3,22,23)(H,24,27)(H,25,29)/t15?,17-/m1/s1. The quantitative estimate of drug-likeness (QED) is 0.372. The zero-order valence-electron chi connectivity index (χ0n) is 17.8. The van der Waals surface area contributed by atoms with Crippen molar-refractivity contribution in [2.45, 2.75) is 63.6 Å². The lowest BCUT2D eigenvalue weighted by atomic mass is 9.83. The average Bonchev–Trinajstić information content (AvgIpc) is 3.45. The highest BCUT2D eigenvalue weighted by atomic mass is 32.1. The van der Waals surface area contributed by atoms with E-state index in [1.807, 2.05) is 5.38 Å². The molecule has 0 aromatic carbocycles. The minimum atomic E-state index is -0.670. The van der Waals surface area contributed by atoms with E-state index >= 15 is 0 Å². The minimum Gasteiger partial charge on any atom is -0.453 e. The van der Waals surface area contributed by atoms with E-state index in [0.717, 1.165) is 44.1 Å². The Hall–Kier alpha value is -2.62. The van der Waals surface area contributed by atoms with Crippen LogP contribution in [0.2, 0.25) is 0 Å². The molecule has 1 aliphatic carbocycles. The van der Waals surface area contributed by atoms with Gasteiger partial charge < -0.3 is 26.0 Å². The summed E-state index contributed by atoms with van der Waals surface area (Å²) >= 11 is 1.36. The summed E-state index contributed by atoms with van der Waals surface area (Å²) in [6.45, 7) is 0.809. The number of methoxy groups -OCH3 is 1. The van der Waals surface area contributed by atoms with Gasteiger partial charge >= 0.3 is 6.09 Å². The molecule has 9 nitrogen and oxygen atoms in total. The summed E-state index contributed by atoms with van der Waals surface area (Å²) in [6.07, 6.45) is 5.67. The van der Waals surface area contributed by atoms with Gasteiger partial charge in [-0.15, -0.1) is 11.3 Å². The first kappa shape index (κ1) is 23.1. The van der Waals surface area contributed by atoms with Gasteiger partial charge in [0.05, 0.1) is 12.0 Å². The van der Waals surface area contributed by atoms with E-state index in [0.29, 0.717) is 24.4 Å². The summed E-state index contributed by atoms with van der Waals surface area (Å²) in [5.74, 6) is -0.353. The number of carbonyl (C=O) groups is 3. The van der Waals surface area contributed by atoms with Gasteiger partial charge in [0.15, 0.2) is 0 Å². The zero-order chi connectivity index (χ0) is 22.4. The lowest BCUT2D eigenvalue weighted by molar-refractivity contribution is -0.141. The predicted molar refractivity (Wildman–Crippen MR) is 118 cm³/mol. The molecular weight excluding hydrogens is 418 g/mol. The van der Waals surface area contributed by atoms with Crippen molar-refractivity contribution in [1.29, 1.82) is 5.41 Å². The molecule has 1 aliphatic heterocycles. The van der Waals surface area contributed by atoms with Crippen molar-refractivity contribution in [3.8, 4) is 0 Å². The molecule has 1 aromatic heterocycles. The monoisotopic (exact) mass is 449 g/mol. The van der Waals surface area contributed by atoms with Gasteiger partial charge in [0.2, 0.25) is 11.8 Å². The average molecular weight is 450 g/mol. The second-order valence-corrected chi connectivity index (χ2v) is 9.06. The number of hydrogen-bond acceptors (Lipinski definition) is 6. The third kappa shape index (κ3) is 5.75. The Kier molecular flexibility index (Phi) is 7.89. The van der Waals surface area contributed by atoms with Crippen LogP contribution in [-0.4, -0.2) is 54.4 Å². The van der Waals surface area contributed by atoms with Gasteiger partial charge in [0, 0.05) is 13.1 Å². The highest BCUT2D eigenvalue weighted by molar-refractivity contribution is 7.12. The molecule has 0 bridgehead atoms. The van der Waals surface area contributed by atoms with E-state index in [9.17, 15) is 14.4 Å². The van der Waals surface area contributed by atoms with Gasteiger partial charge in [-0.2, -0.15) is 0 Å². The molecule has 1 saturated heterocycles. The van der Waals surface area contributed by atoms with Gasteiger partial charge in [-0.3, -0.25) is 15.0 Å². The minimum absolute atomic E-state index is 0.00185. The molecule has 170 valence electrons. The lowest BCUT2D eigenvalue weighted by Crippen LogP contribution is -2.56. The molecule has 3 rings (SSSR count). The number of likely N-dealkylation sites (tertiary alicyclic amines) is 1. The summed E-state index contributed by atoms with van der Waals surface area (Å²) in [5, 5.41) is 15.0. The number of hydrogen-bond donors (Lipinski definition) is 4. The largest absolute Gasteiger partial charge is 0.453 e. The topological polar surface area (TPSA) is 138 Å². The van der Waals surface area contributed by atoms with E-state index in [4.69, 9.17) is 15.9 Å². The van der Waals surface area contributed by atoms with E-state index in [2.05, 4.69) is 10.6 Å². The van der Waals surface area contributed by atoms with Crippen LogP contribution in [0.3, 0.4) is 0 Å². The van der Waals surface area contributed by atoms with Crippen molar-refractivity contribution in [2.75, 3.05) is 13.7 Å². The van der Waals surface area contributed by atoms with Gasteiger partial charge in [0.25, 0.3) is 0 Å². The molecule has 31 heavy (non-hydrogen) atoms. The highest BCUT2D eigenvalue weighted by Crippen LogP contribution is 2.29. The van der Waals surface area contributed by atoms with Crippen LogP contribution in [0.1, 0.15) is 55.4 Å². The van der Waals surface area contributed by atoms with Crippen LogP contribution < -0.4 is 16.4 Å². The summed E-state index contributed by atoms with van der Waals surface area (Å²) in [4.78, 5) is 40.4. The first-order chi connectivity index (χ1) is 14.9. The number of rotatable bonds is 7. The second kappa shape index (κ2) is 10.6. The molecule has 0 radical (unpaired) electrons. The van der Waals surface area contributed by atoms with Crippen LogP contribution in [0.25, 0.3) is 0 Å². The van der Waals surface area contributed by atoms with Gasteiger partial charge in [-0.25, -0.2) is 4.79 Å². The number of amides is 3. The molecule has 2 heterocycles. The summed E-state index contributed by atoms with van der Waals surface area (Å²) in [5.41, 5.74) is 6.36. The Labute approximate surface area is 186 Å². The van der Waals surface area contributed by atoms with Crippen molar-refractivity contribution < 1.29 is 19.1 Å². The normalized spacial score (nSPS) is 20.2. The first-order valence-corrected chi connectivity index (χ1v) is 11.6. The van der Waals surface area contributed by atoms with E-state index in [-0.39, 0.29) is 23.6 Å². The maximum absolute atomic E-state index is 13.4. The van der Waals surface area contributed by atoms with Crippen molar-refractivity contribution >= 4 is 35.1 Å². The summed E-state index contributed by atoms with van der Waals surface area (Å²) in [7, 11) is 1.28. The number of nitrogen functional groups attached to an aromatic ring is 1. The first-order valence-electron chi connectivity index (χ1n) is 10.7. The third-order valence-corrected chi connectivity index (χ3v) is 7.08. The number of nitrogens with two attached hydrogens (primary N) is 1. The van der Waals surface area contributed by atoms with Crippen LogP contribution in [0.15, 0.2) is 11.4 Å². The van der Waals surface area contributed by atoms with Crippen molar-refractivity contribution in [1.82, 2.24) is 15.5 Å². The van der Waals surface area contributed by atoms with Gasteiger partial charge in [-0.1, -0.05) is 19.3 Å². The van der Waals surface area contributed by atoms with E-state index in [1.54, 1.807) is 11.0 Å². The van der Waals surface area contributed by atoms with Crippen LogP contribution in [0.5, 0.6) is 0 Å². The van der Waals surface area contributed by atoms with Crippen LogP contribution in [-0.2, 0) is 20.9 Å². The smallest absolute Gasteiger partial charge is 0.407 e. The Morgan fingerprint density at radius 2 is 2.00 bits per heavy atom. The van der Waals surface area contributed by atoms with Gasteiger partial charge in [0.1, 0.15) is 17.9 Å². The third-order valence-electron chi connectivity index (χ3n) is 6.07. The fraction of sp³-hybridized carbons (Fsp3) is 0.619. The fourth-order valence-corrected chi connectivity index (χ4v) is 5.21. The molecule has 2 aliphatic rings. The molecule has 1 unspecified atom stereocenters. The summed E-state index contributed by atoms with van der Waals surface area (Å²) in [6, 6.07) is 0.560. The number of ether oxygens (including phenoxy) is 1. The Balaban J connectivity index is 1.65. The molecule has 2 fully saturated rings. The predicted octanol–water partition coefficient (Wildman–Crippen LogP) is 1.94. The van der Waals surface area contributed by atoms with E-state index < -0.39 is 18.2 Å². The molecule has 10 heteroatoms. The number of carbonyl (C=O) groups excluding carboxylic acids is 3. The second-order valence-electron chi connectivity index (χ2n) is 8.15. The molecule has 5 N–H and O–H groups in total. The SMILES string of the molecule is COC(=O)N[C@@H](C(=O)N1CCCC1C(=O)NCc1csc(C(=N)N)c1)C1CCCCC1. The van der Waals surface area contributed by atoms with Crippen LogP contribution in [0.4, 0.5) is 4.79 Å². The number of alkyl carbamates (subject to hydrolysis) is 1. The summed E-state index contributed by atoms with van der Waals surface area (Å²) < 4.78 is 4.74. The maximum atomic E-state index is 13.4. The number of nitrogens with one attached hydrogen (secondary N) is 3. The molecule has 2 atom stereocenters.